The number of benzene rings is 3. The molecule has 0 fully saturated rings. The van der Waals surface area contributed by atoms with E-state index < -0.39 is 41.9 Å². The van der Waals surface area contributed by atoms with Gasteiger partial charge in [-0.3, -0.25) is 4.79 Å². The number of aliphatic hydroxyl groups is 2. The van der Waals surface area contributed by atoms with Crippen LogP contribution >= 0.6 is 0 Å². The SMILES string of the molecule is COC(=O)[C@@H](NC(=O)c1cc(C(O)O)c2cc(-c3cccc(C(F)(F)F)c3)ccc2n1)[C@@H](C)c1ccccc1. The molecule has 0 saturated carbocycles. The number of aliphatic hydroxyl groups excluding tert-OH is 1. The molecule has 0 aliphatic heterocycles. The van der Waals surface area contributed by atoms with Crippen LogP contribution in [0.15, 0.2) is 78.9 Å². The Morgan fingerprint density at radius 3 is 2.26 bits per heavy atom. The highest BCUT2D eigenvalue weighted by atomic mass is 19.4. The number of carbonyl (C=O) groups is 2. The van der Waals surface area contributed by atoms with E-state index in [1.165, 1.54) is 43.5 Å². The van der Waals surface area contributed by atoms with Crippen LogP contribution in [0.3, 0.4) is 0 Å². The zero-order valence-electron chi connectivity index (χ0n) is 20.9. The van der Waals surface area contributed by atoms with Gasteiger partial charge < -0.3 is 20.3 Å². The van der Waals surface area contributed by atoms with Gasteiger partial charge in [-0.25, -0.2) is 9.78 Å². The molecule has 3 N–H and O–H groups in total. The molecule has 1 amide bonds. The van der Waals surface area contributed by atoms with E-state index in [1.54, 1.807) is 19.1 Å². The Hall–Kier alpha value is -4.28. The van der Waals surface area contributed by atoms with Crippen molar-refractivity contribution in [2.75, 3.05) is 7.11 Å². The second-order valence-corrected chi connectivity index (χ2v) is 8.95. The van der Waals surface area contributed by atoms with E-state index in [-0.39, 0.29) is 27.7 Å². The fourth-order valence-electron chi connectivity index (χ4n) is 4.32. The average Bonchev–Trinajstić information content (AvgIpc) is 2.94. The highest BCUT2D eigenvalue weighted by Gasteiger charge is 2.31. The Bertz CT molecular complexity index is 1510. The average molecular weight is 539 g/mol. The maximum atomic E-state index is 13.2. The standard InChI is InChI=1S/C29H25F3N2O5/c1-16(17-7-4-3-5-8-17)25(28(38)39-2)34-26(35)24-15-22(27(36)37)21-14-19(11-12-23(21)33-24)18-9-6-10-20(13-18)29(30,31)32/h3-16,25,27,36-37H,1-2H3,(H,34,35)/t16-,25-/m0/s1. The minimum atomic E-state index is -4.52. The van der Waals surface area contributed by atoms with Crippen LogP contribution < -0.4 is 5.32 Å². The van der Waals surface area contributed by atoms with Gasteiger partial charge in [-0.05, 0) is 47.0 Å². The van der Waals surface area contributed by atoms with Crippen molar-refractivity contribution in [3.8, 4) is 11.1 Å². The maximum absolute atomic E-state index is 13.2. The van der Waals surface area contributed by atoms with Gasteiger partial charge in [0.05, 0.1) is 18.2 Å². The zero-order chi connectivity index (χ0) is 28.3. The lowest BCUT2D eigenvalue weighted by atomic mass is 9.93. The highest BCUT2D eigenvalue weighted by molar-refractivity contribution is 5.99. The third-order valence-corrected chi connectivity index (χ3v) is 6.44. The van der Waals surface area contributed by atoms with Crippen molar-refractivity contribution in [1.29, 1.82) is 0 Å². The van der Waals surface area contributed by atoms with Gasteiger partial charge in [-0.15, -0.1) is 0 Å². The number of nitrogens with one attached hydrogen (secondary N) is 1. The number of rotatable bonds is 7. The predicted molar refractivity (Wildman–Crippen MR) is 137 cm³/mol. The van der Waals surface area contributed by atoms with E-state index in [0.29, 0.717) is 5.56 Å². The van der Waals surface area contributed by atoms with Crippen LogP contribution in [-0.4, -0.2) is 40.2 Å². The quantitative estimate of drug-likeness (QED) is 0.226. The zero-order valence-corrected chi connectivity index (χ0v) is 20.9. The molecule has 0 aliphatic carbocycles. The molecule has 3 aromatic carbocycles. The van der Waals surface area contributed by atoms with E-state index in [0.717, 1.165) is 17.7 Å². The molecule has 2 atom stereocenters. The molecule has 10 heteroatoms. The first-order valence-electron chi connectivity index (χ1n) is 11.9. The van der Waals surface area contributed by atoms with Gasteiger partial charge in [-0.2, -0.15) is 13.2 Å². The molecule has 0 spiro atoms. The summed E-state index contributed by atoms with van der Waals surface area (Å²) in [7, 11) is 1.20. The number of pyridine rings is 1. The molecule has 202 valence electrons. The number of halogens is 3. The van der Waals surface area contributed by atoms with Gasteiger partial charge >= 0.3 is 12.1 Å². The number of hydrogen-bond acceptors (Lipinski definition) is 6. The topological polar surface area (TPSA) is 109 Å². The van der Waals surface area contributed by atoms with Crippen molar-refractivity contribution < 1.29 is 37.7 Å². The summed E-state index contributed by atoms with van der Waals surface area (Å²) in [4.78, 5) is 30.0. The second kappa shape index (κ2) is 11.2. The summed E-state index contributed by atoms with van der Waals surface area (Å²) in [6.07, 6.45) is -6.54. The number of amides is 1. The van der Waals surface area contributed by atoms with Gasteiger partial charge in [0.1, 0.15) is 11.7 Å². The summed E-state index contributed by atoms with van der Waals surface area (Å²) in [5.74, 6) is -1.88. The number of alkyl halides is 3. The van der Waals surface area contributed by atoms with E-state index in [2.05, 4.69) is 10.3 Å². The summed E-state index contributed by atoms with van der Waals surface area (Å²) in [6, 6.07) is 18.3. The molecule has 4 aromatic rings. The lowest BCUT2D eigenvalue weighted by Crippen LogP contribution is -2.45. The lowest BCUT2D eigenvalue weighted by molar-refractivity contribution is -0.143. The smallest absolute Gasteiger partial charge is 0.416 e. The predicted octanol–water partition coefficient (Wildman–Crippen LogP) is 4.98. The van der Waals surface area contributed by atoms with Crippen molar-refractivity contribution in [1.82, 2.24) is 10.3 Å². The van der Waals surface area contributed by atoms with Crippen LogP contribution in [0.5, 0.6) is 0 Å². The molecule has 0 saturated heterocycles. The van der Waals surface area contributed by atoms with E-state index >= 15 is 0 Å². The molecule has 0 aliphatic rings. The Morgan fingerprint density at radius 1 is 0.923 bits per heavy atom. The molecule has 1 heterocycles. The molecular formula is C29H25F3N2O5. The van der Waals surface area contributed by atoms with Crippen LogP contribution in [0, 0.1) is 0 Å². The van der Waals surface area contributed by atoms with Crippen molar-refractivity contribution in [3.05, 3.63) is 101 Å². The summed E-state index contributed by atoms with van der Waals surface area (Å²) in [5, 5.41) is 23.0. The first-order chi connectivity index (χ1) is 18.5. The summed E-state index contributed by atoms with van der Waals surface area (Å²) in [6.45, 7) is 1.75. The number of hydrogen-bond donors (Lipinski definition) is 3. The van der Waals surface area contributed by atoms with Gasteiger partial charge in [0.15, 0.2) is 6.29 Å². The van der Waals surface area contributed by atoms with Crippen molar-refractivity contribution in [3.63, 3.8) is 0 Å². The van der Waals surface area contributed by atoms with Crippen molar-refractivity contribution in [2.24, 2.45) is 0 Å². The molecule has 1 aromatic heterocycles. The first-order valence-corrected chi connectivity index (χ1v) is 11.9. The number of carbonyl (C=O) groups excluding carboxylic acids is 2. The molecule has 39 heavy (non-hydrogen) atoms. The fourth-order valence-corrected chi connectivity index (χ4v) is 4.32. The van der Waals surface area contributed by atoms with Crippen LogP contribution in [-0.2, 0) is 15.7 Å². The van der Waals surface area contributed by atoms with Crippen LogP contribution in [0.4, 0.5) is 13.2 Å². The number of nitrogens with zero attached hydrogens (tertiary/aromatic N) is 1. The number of aromatic nitrogens is 1. The normalized spacial score (nSPS) is 13.2. The van der Waals surface area contributed by atoms with Gasteiger partial charge in [0.2, 0.25) is 0 Å². The second-order valence-electron chi connectivity index (χ2n) is 8.95. The lowest BCUT2D eigenvalue weighted by Gasteiger charge is -2.23. The van der Waals surface area contributed by atoms with Gasteiger partial charge in [0.25, 0.3) is 5.91 Å². The van der Waals surface area contributed by atoms with Crippen molar-refractivity contribution in [2.45, 2.75) is 31.3 Å². The number of ether oxygens (including phenoxy) is 1. The molecule has 0 bridgehead atoms. The molecule has 7 nitrogen and oxygen atoms in total. The largest absolute Gasteiger partial charge is 0.467 e. The third kappa shape index (κ3) is 6.08. The third-order valence-electron chi connectivity index (χ3n) is 6.44. The van der Waals surface area contributed by atoms with Gasteiger partial charge in [-0.1, -0.05) is 55.5 Å². The molecular weight excluding hydrogens is 513 g/mol. The van der Waals surface area contributed by atoms with Crippen LogP contribution in [0.25, 0.3) is 22.0 Å². The van der Waals surface area contributed by atoms with E-state index in [4.69, 9.17) is 4.74 Å². The molecule has 0 radical (unpaired) electrons. The van der Waals surface area contributed by atoms with Crippen molar-refractivity contribution >= 4 is 22.8 Å². The number of fused-ring (bicyclic) bond motifs is 1. The Labute approximate surface area is 221 Å². The minimum absolute atomic E-state index is 0.0790. The maximum Gasteiger partial charge on any atom is 0.416 e. The summed E-state index contributed by atoms with van der Waals surface area (Å²) in [5.41, 5.74) is 0.550. The highest BCUT2D eigenvalue weighted by Crippen LogP contribution is 2.34. The number of esters is 1. The van der Waals surface area contributed by atoms with Gasteiger partial charge in [0, 0.05) is 16.9 Å². The summed E-state index contributed by atoms with van der Waals surface area (Å²) < 4.78 is 44.5. The van der Waals surface area contributed by atoms with E-state index in [9.17, 15) is 33.0 Å². The number of methoxy groups -OCH3 is 1. The fraction of sp³-hybridized carbons (Fsp3) is 0.207. The molecule has 4 rings (SSSR count). The first kappa shape index (κ1) is 27.7. The molecule has 0 unspecified atom stereocenters. The Kier molecular flexibility index (Phi) is 7.98. The van der Waals surface area contributed by atoms with Crippen LogP contribution in [0.2, 0.25) is 0 Å². The minimum Gasteiger partial charge on any atom is -0.467 e. The van der Waals surface area contributed by atoms with E-state index in [1.807, 2.05) is 18.2 Å². The monoisotopic (exact) mass is 538 g/mol. The Balaban J connectivity index is 1.71. The Morgan fingerprint density at radius 2 is 1.62 bits per heavy atom. The summed E-state index contributed by atoms with van der Waals surface area (Å²) >= 11 is 0. The van der Waals surface area contributed by atoms with Crippen LogP contribution in [0.1, 0.15) is 46.3 Å².